The minimum Gasteiger partial charge on any atom is -0.497 e. The molecule has 0 aromatic heterocycles. The summed E-state index contributed by atoms with van der Waals surface area (Å²) in [5.74, 6) is 0.602. The van der Waals surface area contributed by atoms with E-state index in [0.717, 1.165) is 5.69 Å². The molecule has 1 unspecified atom stereocenters. The average molecular weight is 390 g/mol. The van der Waals surface area contributed by atoms with E-state index < -0.39 is 10.0 Å². The summed E-state index contributed by atoms with van der Waals surface area (Å²) in [6, 6.07) is 13.9. The smallest absolute Gasteiger partial charge is 0.244 e. The van der Waals surface area contributed by atoms with Crippen LogP contribution in [-0.4, -0.2) is 41.6 Å². The van der Waals surface area contributed by atoms with Crippen molar-refractivity contribution in [2.75, 3.05) is 32.2 Å². The fourth-order valence-electron chi connectivity index (χ4n) is 3.08. The number of hydrogen-bond donors (Lipinski definition) is 1. The number of nitrogens with one attached hydrogen (secondary N) is 1. The lowest BCUT2D eigenvalue weighted by Gasteiger charge is -2.17. The molecule has 1 N–H and O–H groups in total. The Labute approximate surface area is 158 Å². The zero-order chi connectivity index (χ0) is 19.4. The Morgan fingerprint density at radius 1 is 1.11 bits per heavy atom. The third-order valence-electron chi connectivity index (χ3n) is 4.50. The van der Waals surface area contributed by atoms with Crippen LogP contribution in [-0.2, 0) is 14.8 Å². The van der Waals surface area contributed by atoms with Crippen LogP contribution >= 0.6 is 0 Å². The normalized spacial score (nSPS) is 17.2. The van der Waals surface area contributed by atoms with Gasteiger partial charge in [-0.25, -0.2) is 13.1 Å². The zero-order valence-corrected chi connectivity index (χ0v) is 16.0. The van der Waals surface area contributed by atoms with Gasteiger partial charge in [0.25, 0.3) is 0 Å². The second-order valence-corrected chi connectivity index (χ2v) is 8.01. The Morgan fingerprint density at radius 2 is 1.85 bits per heavy atom. The van der Waals surface area contributed by atoms with E-state index in [1.165, 1.54) is 26.4 Å². The predicted octanol–water partition coefficient (Wildman–Crippen LogP) is 2.04. The highest BCUT2D eigenvalue weighted by Gasteiger charge is 2.31. The summed E-state index contributed by atoms with van der Waals surface area (Å²) in [6.07, 6.45) is 0.303. The van der Waals surface area contributed by atoms with Crippen molar-refractivity contribution in [3.63, 3.8) is 0 Å². The molecule has 1 fully saturated rings. The SMILES string of the molecule is COc1ccc(S(=O)(=O)NCC2CC(=O)N(c3ccccc3)C2)c(OC)c1. The molecular weight excluding hydrogens is 368 g/mol. The fourth-order valence-corrected chi connectivity index (χ4v) is 4.34. The third kappa shape index (κ3) is 4.23. The lowest BCUT2D eigenvalue weighted by atomic mass is 10.1. The van der Waals surface area contributed by atoms with Crippen LogP contribution in [0.5, 0.6) is 11.5 Å². The summed E-state index contributed by atoms with van der Waals surface area (Å²) in [7, 11) is -0.875. The Hall–Kier alpha value is -2.58. The fraction of sp³-hybridized carbons (Fsp3) is 0.316. The number of rotatable bonds is 7. The Balaban J connectivity index is 1.69. The second kappa shape index (κ2) is 7.98. The maximum Gasteiger partial charge on any atom is 0.244 e. The first kappa shape index (κ1) is 19.2. The minimum atomic E-state index is -3.78. The highest BCUT2D eigenvalue weighted by molar-refractivity contribution is 7.89. The molecule has 1 atom stereocenters. The number of methoxy groups -OCH3 is 2. The molecule has 1 saturated heterocycles. The Morgan fingerprint density at radius 3 is 2.52 bits per heavy atom. The van der Waals surface area contributed by atoms with Gasteiger partial charge in [0.05, 0.1) is 14.2 Å². The van der Waals surface area contributed by atoms with Crippen molar-refractivity contribution in [3.05, 3.63) is 48.5 Å². The summed E-state index contributed by atoms with van der Waals surface area (Å²) in [6.45, 7) is 0.651. The van der Waals surface area contributed by atoms with Crippen LogP contribution in [0.4, 0.5) is 5.69 Å². The van der Waals surface area contributed by atoms with Crippen molar-refractivity contribution in [1.82, 2.24) is 4.72 Å². The van der Waals surface area contributed by atoms with Gasteiger partial charge < -0.3 is 14.4 Å². The first-order valence-electron chi connectivity index (χ1n) is 8.51. The number of benzene rings is 2. The van der Waals surface area contributed by atoms with Gasteiger partial charge in [0.15, 0.2) is 0 Å². The first-order valence-corrected chi connectivity index (χ1v) is 10.00. The van der Waals surface area contributed by atoms with Gasteiger partial charge in [-0.15, -0.1) is 0 Å². The highest BCUT2D eigenvalue weighted by atomic mass is 32.2. The van der Waals surface area contributed by atoms with E-state index in [2.05, 4.69) is 4.72 Å². The molecule has 1 amide bonds. The van der Waals surface area contributed by atoms with Gasteiger partial charge in [-0.05, 0) is 30.2 Å². The van der Waals surface area contributed by atoms with E-state index in [-0.39, 0.29) is 29.0 Å². The quantitative estimate of drug-likeness (QED) is 0.782. The summed E-state index contributed by atoms with van der Waals surface area (Å²) in [5, 5.41) is 0. The van der Waals surface area contributed by atoms with Gasteiger partial charge in [-0.3, -0.25) is 4.79 Å². The number of ether oxygens (including phenoxy) is 2. The maximum absolute atomic E-state index is 12.7. The van der Waals surface area contributed by atoms with E-state index in [0.29, 0.717) is 18.7 Å². The molecule has 27 heavy (non-hydrogen) atoms. The summed E-state index contributed by atoms with van der Waals surface area (Å²) in [4.78, 5) is 14.0. The molecule has 2 aromatic rings. The molecule has 144 valence electrons. The molecular formula is C19H22N2O5S. The van der Waals surface area contributed by atoms with E-state index in [4.69, 9.17) is 9.47 Å². The number of anilines is 1. The topological polar surface area (TPSA) is 84.9 Å². The summed E-state index contributed by atoms with van der Waals surface area (Å²) >= 11 is 0. The highest BCUT2D eigenvalue weighted by Crippen LogP contribution is 2.29. The molecule has 0 saturated carbocycles. The average Bonchev–Trinajstić information content (AvgIpc) is 3.07. The second-order valence-electron chi connectivity index (χ2n) is 6.28. The van der Waals surface area contributed by atoms with Crippen LogP contribution in [0.1, 0.15) is 6.42 Å². The van der Waals surface area contributed by atoms with Crippen LogP contribution in [0.3, 0.4) is 0 Å². The number of carbonyl (C=O) groups excluding carboxylic acids is 1. The molecule has 8 heteroatoms. The molecule has 0 bridgehead atoms. The van der Waals surface area contributed by atoms with Crippen molar-refractivity contribution in [3.8, 4) is 11.5 Å². The van der Waals surface area contributed by atoms with Gasteiger partial charge in [0, 0.05) is 31.3 Å². The summed E-state index contributed by atoms with van der Waals surface area (Å²) < 4.78 is 38.2. The monoisotopic (exact) mass is 390 g/mol. The molecule has 0 aliphatic carbocycles. The number of carbonyl (C=O) groups is 1. The summed E-state index contributed by atoms with van der Waals surface area (Å²) in [5.41, 5.74) is 0.824. The molecule has 1 aliphatic heterocycles. The Kier molecular flexibility index (Phi) is 5.67. The maximum atomic E-state index is 12.7. The van der Waals surface area contributed by atoms with Crippen molar-refractivity contribution < 1.29 is 22.7 Å². The van der Waals surface area contributed by atoms with Crippen molar-refractivity contribution in [1.29, 1.82) is 0 Å². The molecule has 3 rings (SSSR count). The van der Waals surface area contributed by atoms with Gasteiger partial charge in [0.1, 0.15) is 16.4 Å². The number of para-hydroxylation sites is 1. The molecule has 7 nitrogen and oxygen atoms in total. The first-order chi connectivity index (χ1) is 12.9. The van der Waals surface area contributed by atoms with Crippen LogP contribution < -0.4 is 19.1 Å². The number of nitrogens with zero attached hydrogens (tertiary/aromatic N) is 1. The van der Waals surface area contributed by atoms with Gasteiger partial charge >= 0.3 is 0 Å². The van der Waals surface area contributed by atoms with Crippen molar-refractivity contribution in [2.24, 2.45) is 5.92 Å². The van der Waals surface area contributed by atoms with Crippen LogP contribution in [0.25, 0.3) is 0 Å². The van der Waals surface area contributed by atoms with Crippen LogP contribution in [0.2, 0.25) is 0 Å². The molecule has 0 radical (unpaired) electrons. The molecule has 1 aliphatic rings. The standard InChI is InChI=1S/C19H22N2O5S/c1-25-16-8-9-18(17(11-16)26-2)27(23,24)20-12-14-10-19(22)21(13-14)15-6-4-3-5-7-15/h3-9,11,14,20H,10,12-13H2,1-2H3. The molecule has 1 heterocycles. The van der Waals surface area contributed by atoms with Gasteiger partial charge in [-0.2, -0.15) is 0 Å². The lowest BCUT2D eigenvalue weighted by Crippen LogP contribution is -2.31. The van der Waals surface area contributed by atoms with Crippen molar-refractivity contribution >= 4 is 21.6 Å². The minimum absolute atomic E-state index is 0.00701. The van der Waals surface area contributed by atoms with E-state index in [1.54, 1.807) is 11.0 Å². The third-order valence-corrected chi connectivity index (χ3v) is 5.96. The van der Waals surface area contributed by atoms with Crippen molar-refractivity contribution in [2.45, 2.75) is 11.3 Å². The predicted molar refractivity (Wildman–Crippen MR) is 102 cm³/mol. The van der Waals surface area contributed by atoms with E-state index in [9.17, 15) is 13.2 Å². The molecule has 2 aromatic carbocycles. The number of sulfonamides is 1. The lowest BCUT2D eigenvalue weighted by molar-refractivity contribution is -0.117. The zero-order valence-electron chi connectivity index (χ0n) is 15.2. The molecule has 0 spiro atoms. The van der Waals surface area contributed by atoms with E-state index in [1.807, 2.05) is 30.3 Å². The number of amides is 1. The van der Waals surface area contributed by atoms with Crippen LogP contribution in [0, 0.1) is 5.92 Å². The van der Waals surface area contributed by atoms with E-state index >= 15 is 0 Å². The Bertz CT molecular complexity index is 915. The number of hydrogen-bond acceptors (Lipinski definition) is 5. The van der Waals surface area contributed by atoms with Crippen LogP contribution in [0.15, 0.2) is 53.4 Å². The largest absolute Gasteiger partial charge is 0.497 e. The van der Waals surface area contributed by atoms with Gasteiger partial charge in [-0.1, -0.05) is 18.2 Å². The van der Waals surface area contributed by atoms with Gasteiger partial charge in [0.2, 0.25) is 15.9 Å².